The summed E-state index contributed by atoms with van der Waals surface area (Å²) in [6.07, 6.45) is 0.913. The van der Waals surface area contributed by atoms with Crippen LogP contribution in [0.5, 0.6) is 0 Å². The van der Waals surface area contributed by atoms with Crippen molar-refractivity contribution in [2.45, 2.75) is 12.8 Å². The summed E-state index contributed by atoms with van der Waals surface area (Å²) in [5, 5.41) is 2.28. The lowest BCUT2D eigenvalue weighted by molar-refractivity contribution is -0.131. The zero-order chi connectivity index (χ0) is 12.7. The zero-order valence-electron chi connectivity index (χ0n) is 10.1. The minimum absolute atomic E-state index is 0.0813. The van der Waals surface area contributed by atoms with E-state index in [4.69, 9.17) is 0 Å². The van der Waals surface area contributed by atoms with Crippen LogP contribution in [0.1, 0.15) is 12.8 Å². The van der Waals surface area contributed by atoms with Gasteiger partial charge in [-0.05, 0) is 7.05 Å². The largest absolute Gasteiger partial charge is 0.304 e. The third kappa shape index (κ3) is 5.55. The Bertz CT molecular complexity index is 286. The van der Waals surface area contributed by atoms with Gasteiger partial charge in [0.2, 0.25) is 11.8 Å². The minimum Gasteiger partial charge on any atom is -0.304 e. The van der Waals surface area contributed by atoms with Crippen LogP contribution in [0.4, 0.5) is 0 Å². The fourth-order valence-corrected chi connectivity index (χ4v) is 1.66. The first-order valence-corrected chi connectivity index (χ1v) is 5.79. The molecule has 6 nitrogen and oxygen atoms in total. The molecule has 0 unspecified atom stereocenters. The number of nitrogens with one attached hydrogen (secondary N) is 1. The summed E-state index contributed by atoms with van der Waals surface area (Å²) in [6, 6.07) is 0. The highest BCUT2D eigenvalue weighted by Crippen LogP contribution is 1.98. The second-order valence-electron chi connectivity index (χ2n) is 4.26. The number of likely N-dealkylation sites (N-methyl/N-ethyl adjacent to an activating group) is 1. The lowest BCUT2D eigenvalue weighted by Crippen LogP contribution is -2.48. The normalized spacial score (nSPS) is 17.7. The quantitative estimate of drug-likeness (QED) is 0.616. The van der Waals surface area contributed by atoms with Gasteiger partial charge in [-0.2, -0.15) is 0 Å². The summed E-state index contributed by atoms with van der Waals surface area (Å²) in [4.78, 5) is 37.0. The van der Waals surface area contributed by atoms with Gasteiger partial charge in [0.15, 0.2) is 0 Å². The predicted molar refractivity (Wildman–Crippen MR) is 62.4 cm³/mol. The van der Waals surface area contributed by atoms with E-state index in [9.17, 15) is 14.4 Å². The first kappa shape index (κ1) is 13.8. The van der Waals surface area contributed by atoms with Gasteiger partial charge in [-0.1, -0.05) is 0 Å². The molecular weight excluding hydrogens is 222 g/mol. The molecule has 2 amide bonds. The fourth-order valence-electron chi connectivity index (χ4n) is 1.66. The number of hydrogen-bond acceptors (Lipinski definition) is 5. The van der Waals surface area contributed by atoms with Gasteiger partial charge in [-0.3, -0.25) is 19.8 Å². The molecule has 0 saturated carbocycles. The molecule has 1 heterocycles. The standard InChI is InChI=1S/C11H19N3O3/c1-13-4-6-14(7-5-13)9-11(17)12-10(16)3-2-8-15/h8H,2-7,9H2,1H3,(H,12,16,17). The molecule has 17 heavy (non-hydrogen) atoms. The van der Waals surface area contributed by atoms with Crippen LogP contribution >= 0.6 is 0 Å². The molecule has 0 aromatic heterocycles. The van der Waals surface area contributed by atoms with E-state index in [1.807, 2.05) is 11.9 Å². The van der Waals surface area contributed by atoms with Gasteiger partial charge in [-0.25, -0.2) is 0 Å². The molecule has 0 spiro atoms. The van der Waals surface area contributed by atoms with Crippen LogP contribution in [0.15, 0.2) is 0 Å². The van der Waals surface area contributed by atoms with Crippen molar-refractivity contribution in [3.8, 4) is 0 Å². The van der Waals surface area contributed by atoms with Gasteiger partial charge in [-0.15, -0.1) is 0 Å². The number of carbonyl (C=O) groups is 3. The highest BCUT2D eigenvalue weighted by molar-refractivity contribution is 5.96. The van der Waals surface area contributed by atoms with Crippen molar-refractivity contribution < 1.29 is 14.4 Å². The zero-order valence-corrected chi connectivity index (χ0v) is 10.1. The second-order valence-corrected chi connectivity index (χ2v) is 4.26. The highest BCUT2D eigenvalue weighted by atomic mass is 16.2. The average Bonchev–Trinajstić information content (AvgIpc) is 2.29. The van der Waals surface area contributed by atoms with Crippen molar-refractivity contribution in [2.75, 3.05) is 39.8 Å². The lowest BCUT2D eigenvalue weighted by Gasteiger charge is -2.31. The maximum Gasteiger partial charge on any atom is 0.240 e. The van der Waals surface area contributed by atoms with E-state index in [2.05, 4.69) is 10.2 Å². The molecule has 96 valence electrons. The molecule has 0 aromatic rings. The van der Waals surface area contributed by atoms with Crippen molar-refractivity contribution in [2.24, 2.45) is 0 Å². The van der Waals surface area contributed by atoms with Gasteiger partial charge in [0.05, 0.1) is 6.54 Å². The Balaban J connectivity index is 2.20. The maximum absolute atomic E-state index is 11.5. The summed E-state index contributed by atoms with van der Waals surface area (Å²) >= 11 is 0. The summed E-state index contributed by atoms with van der Waals surface area (Å²) in [5.41, 5.74) is 0. The van der Waals surface area contributed by atoms with Gasteiger partial charge in [0.25, 0.3) is 0 Å². The molecule has 1 N–H and O–H groups in total. The predicted octanol–water partition coefficient (Wildman–Crippen LogP) is -1.14. The van der Waals surface area contributed by atoms with Crippen LogP contribution in [0, 0.1) is 0 Å². The molecule has 0 aromatic carbocycles. The Morgan fingerprint density at radius 2 is 1.82 bits per heavy atom. The molecule has 0 atom stereocenters. The van der Waals surface area contributed by atoms with E-state index in [0.29, 0.717) is 6.29 Å². The van der Waals surface area contributed by atoms with Gasteiger partial charge >= 0.3 is 0 Å². The SMILES string of the molecule is CN1CCN(CC(=O)NC(=O)CCC=O)CC1. The van der Waals surface area contributed by atoms with Crippen LogP contribution in [0.2, 0.25) is 0 Å². The topological polar surface area (TPSA) is 69.7 Å². The molecule has 0 bridgehead atoms. The summed E-state index contributed by atoms with van der Waals surface area (Å²) < 4.78 is 0. The number of hydrogen-bond donors (Lipinski definition) is 1. The molecule has 1 aliphatic rings. The number of imide groups is 1. The second kappa shape index (κ2) is 7.13. The smallest absolute Gasteiger partial charge is 0.240 e. The van der Waals surface area contributed by atoms with E-state index in [1.54, 1.807) is 0 Å². The molecule has 1 rings (SSSR count). The molecule has 0 radical (unpaired) electrons. The van der Waals surface area contributed by atoms with Crippen molar-refractivity contribution in [1.29, 1.82) is 0 Å². The number of rotatable bonds is 5. The maximum atomic E-state index is 11.5. The molecule has 1 fully saturated rings. The monoisotopic (exact) mass is 241 g/mol. The first-order valence-electron chi connectivity index (χ1n) is 5.79. The van der Waals surface area contributed by atoms with Crippen molar-refractivity contribution >= 4 is 18.1 Å². The highest BCUT2D eigenvalue weighted by Gasteiger charge is 2.17. The van der Waals surface area contributed by atoms with E-state index in [0.717, 1.165) is 26.2 Å². The Morgan fingerprint density at radius 1 is 1.18 bits per heavy atom. The van der Waals surface area contributed by atoms with Gasteiger partial charge in [0.1, 0.15) is 6.29 Å². The van der Waals surface area contributed by atoms with E-state index >= 15 is 0 Å². The van der Waals surface area contributed by atoms with Crippen LogP contribution in [-0.4, -0.2) is 67.7 Å². The summed E-state index contributed by atoms with van der Waals surface area (Å²) in [7, 11) is 2.04. The number of aldehydes is 1. The molecule has 0 aliphatic carbocycles. The lowest BCUT2D eigenvalue weighted by atomic mass is 10.3. The van der Waals surface area contributed by atoms with Crippen molar-refractivity contribution in [3.63, 3.8) is 0 Å². The summed E-state index contributed by atoms with van der Waals surface area (Å²) in [5.74, 6) is -0.665. The Kier molecular flexibility index (Phi) is 5.79. The Labute approximate surface area is 101 Å². The fraction of sp³-hybridized carbons (Fsp3) is 0.727. The number of nitrogens with zero attached hydrogens (tertiary/aromatic N) is 2. The number of piperazine rings is 1. The number of carbonyl (C=O) groups excluding carboxylic acids is 3. The first-order chi connectivity index (χ1) is 8.11. The van der Waals surface area contributed by atoms with E-state index in [1.165, 1.54) is 0 Å². The molecular formula is C11H19N3O3. The van der Waals surface area contributed by atoms with Gasteiger partial charge < -0.3 is 9.69 Å². The van der Waals surface area contributed by atoms with Crippen LogP contribution < -0.4 is 5.32 Å². The third-order valence-corrected chi connectivity index (χ3v) is 2.73. The molecule has 1 saturated heterocycles. The van der Waals surface area contributed by atoms with Crippen molar-refractivity contribution in [3.05, 3.63) is 0 Å². The van der Waals surface area contributed by atoms with Crippen LogP contribution in [0.3, 0.4) is 0 Å². The van der Waals surface area contributed by atoms with Gasteiger partial charge in [0, 0.05) is 39.0 Å². The Hall–Kier alpha value is -1.27. The Morgan fingerprint density at radius 3 is 2.41 bits per heavy atom. The van der Waals surface area contributed by atoms with E-state index in [-0.39, 0.29) is 31.2 Å². The molecule has 1 aliphatic heterocycles. The van der Waals surface area contributed by atoms with Crippen LogP contribution in [0.25, 0.3) is 0 Å². The van der Waals surface area contributed by atoms with Crippen molar-refractivity contribution in [1.82, 2.24) is 15.1 Å². The number of amides is 2. The summed E-state index contributed by atoms with van der Waals surface area (Å²) in [6.45, 7) is 3.80. The molecule has 6 heteroatoms. The average molecular weight is 241 g/mol. The third-order valence-electron chi connectivity index (χ3n) is 2.73. The van der Waals surface area contributed by atoms with E-state index < -0.39 is 0 Å². The minimum atomic E-state index is -0.378. The van der Waals surface area contributed by atoms with Crippen LogP contribution in [-0.2, 0) is 14.4 Å².